The molecule has 2 aromatic rings. The van der Waals surface area contributed by atoms with Crippen molar-refractivity contribution in [2.45, 2.75) is 19.9 Å². The van der Waals surface area contributed by atoms with Crippen molar-refractivity contribution < 1.29 is 9.90 Å². The highest BCUT2D eigenvalue weighted by molar-refractivity contribution is 7.14. The minimum atomic E-state index is -0.173. The number of aliphatic hydroxyl groups excluding tert-OH is 1. The third kappa shape index (κ3) is 4.45. The number of thiophene rings is 1. The molecule has 0 saturated heterocycles. The van der Waals surface area contributed by atoms with Crippen LogP contribution in [0.3, 0.4) is 0 Å². The number of nitrogens with one attached hydrogen (secondary N) is 1. The SMILES string of the molecule is Cc1cc(C(=O)NCCCn2ccnc2)sc1C#CCO. The van der Waals surface area contributed by atoms with Gasteiger partial charge in [-0.2, -0.15) is 0 Å². The Morgan fingerprint density at radius 2 is 2.43 bits per heavy atom. The molecular formula is C15H17N3O2S. The standard InChI is InChI=1S/C15H17N3O2S/c1-12-10-14(21-13(12)4-2-9-19)15(20)17-5-3-7-18-8-6-16-11-18/h6,8,10-11,19H,3,5,7,9H2,1H3,(H,17,20). The second-order valence-electron chi connectivity index (χ2n) is 4.49. The van der Waals surface area contributed by atoms with Crippen molar-refractivity contribution in [1.82, 2.24) is 14.9 Å². The molecule has 0 atom stereocenters. The fourth-order valence-corrected chi connectivity index (χ4v) is 2.77. The second-order valence-corrected chi connectivity index (χ2v) is 5.54. The molecule has 2 N–H and O–H groups in total. The molecule has 0 aromatic carbocycles. The molecule has 0 aliphatic rings. The maximum atomic E-state index is 12.0. The van der Waals surface area contributed by atoms with Crippen LogP contribution < -0.4 is 5.32 Å². The number of carbonyl (C=O) groups is 1. The lowest BCUT2D eigenvalue weighted by atomic mass is 10.2. The summed E-state index contributed by atoms with van der Waals surface area (Å²) in [7, 11) is 0. The Hall–Kier alpha value is -2.10. The number of amides is 1. The number of hydrogen-bond acceptors (Lipinski definition) is 4. The van der Waals surface area contributed by atoms with Gasteiger partial charge in [0.2, 0.25) is 0 Å². The third-order valence-electron chi connectivity index (χ3n) is 2.86. The van der Waals surface area contributed by atoms with E-state index in [0.29, 0.717) is 11.4 Å². The van der Waals surface area contributed by atoms with Crippen LogP contribution in [-0.4, -0.2) is 33.7 Å². The van der Waals surface area contributed by atoms with Gasteiger partial charge in [0.25, 0.3) is 5.91 Å². The number of hydrogen-bond donors (Lipinski definition) is 2. The summed E-state index contributed by atoms with van der Waals surface area (Å²) in [6.45, 7) is 3.18. The molecule has 6 heteroatoms. The summed E-state index contributed by atoms with van der Waals surface area (Å²) >= 11 is 1.35. The van der Waals surface area contributed by atoms with Gasteiger partial charge in [-0.05, 0) is 25.0 Å². The molecule has 2 heterocycles. The zero-order valence-corrected chi connectivity index (χ0v) is 12.6. The third-order valence-corrected chi connectivity index (χ3v) is 4.01. The van der Waals surface area contributed by atoms with E-state index in [9.17, 15) is 4.79 Å². The normalized spacial score (nSPS) is 10.0. The van der Waals surface area contributed by atoms with E-state index in [1.165, 1.54) is 11.3 Å². The lowest BCUT2D eigenvalue weighted by Gasteiger charge is -2.04. The summed E-state index contributed by atoms with van der Waals surface area (Å²) in [6.07, 6.45) is 6.25. The van der Waals surface area contributed by atoms with E-state index in [2.05, 4.69) is 22.1 Å². The lowest BCUT2D eigenvalue weighted by Crippen LogP contribution is -2.24. The highest BCUT2D eigenvalue weighted by Gasteiger charge is 2.10. The van der Waals surface area contributed by atoms with E-state index >= 15 is 0 Å². The molecule has 2 aromatic heterocycles. The van der Waals surface area contributed by atoms with Gasteiger partial charge in [-0.1, -0.05) is 11.8 Å². The van der Waals surface area contributed by atoms with Crippen LogP contribution in [0.1, 0.15) is 26.5 Å². The van der Waals surface area contributed by atoms with Crippen molar-refractivity contribution in [3.63, 3.8) is 0 Å². The Bertz CT molecular complexity index is 650. The zero-order chi connectivity index (χ0) is 15.1. The number of carbonyl (C=O) groups excluding carboxylic acids is 1. The topological polar surface area (TPSA) is 67.2 Å². The molecule has 0 unspecified atom stereocenters. The van der Waals surface area contributed by atoms with Gasteiger partial charge in [0.1, 0.15) is 6.61 Å². The van der Waals surface area contributed by atoms with E-state index in [0.717, 1.165) is 23.4 Å². The van der Waals surface area contributed by atoms with Gasteiger partial charge >= 0.3 is 0 Å². The summed E-state index contributed by atoms with van der Waals surface area (Å²) in [5.41, 5.74) is 0.963. The first kappa shape index (κ1) is 15.3. The maximum absolute atomic E-state index is 12.0. The van der Waals surface area contributed by atoms with E-state index in [1.54, 1.807) is 12.5 Å². The zero-order valence-electron chi connectivity index (χ0n) is 11.8. The van der Waals surface area contributed by atoms with Gasteiger partial charge < -0.3 is 15.0 Å². The molecule has 5 nitrogen and oxygen atoms in total. The Balaban J connectivity index is 1.83. The summed E-state index contributed by atoms with van der Waals surface area (Å²) in [5, 5.41) is 11.6. The van der Waals surface area contributed by atoms with Crippen LogP contribution in [-0.2, 0) is 6.54 Å². The van der Waals surface area contributed by atoms with Crippen molar-refractivity contribution in [1.29, 1.82) is 0 Å². The molecule has 0 spiro atoms. The molecule has 0 aliphatic carbocycles. The van der Waals surface area contributed by atoms with E-state index in [-0.39, 0.29) is 12.5 Å². The Labute approximate surface area is 127 Å². The summed E-state index contributed by atoms with van der Waals surface area (Å²) < 4.78 is 1.98. The number of rotatable bonds is 5. The molecule has 110 valence electrons. The monoisotopic (exact) mass is 303 g/mol. The molecule has 2 rings (SSSR count). The van der Waals surface area contributed by atoms with Gasteiger partial charge in [0.15, 0.2) is 0 Å². The molecule has 0 saturated carbocycles. The first-order valence-electron chi connectivity index (χ1n) is 6.65. The highest BCUT2D eigenvalue weighted by atomic mass is 32.1. The van der Waals surface area contributed by atoms with E-state index in [4.69, 9.17) is 5.11 Å². The second kappa shape index (κ2) is 7.62. The Kier molecular flexibility index (Phi) is 5.55. The number of imidazole rings is 1. The van der Waals surface area contributed by atoms with Crippen LogP contribution in [0.15, 0.2) is 24.8 Å². The van der Waals surface area contributed by atoms with Gasteiger partial charge in [-0.25, -0.2) is 4.98 Å². The molecule has 0 aliphatic heterocycles. The van der Waals surface area contributed by atoms with Crippen molar-refractivity contribution >= 4 is 17.2 Å². The molecule has 1 amide bonds. The average molecular weight is 303 g/mol. The number of aliphatic hydroxyl groups is 1. The van der Waals surface area contributed by atoms with Crippen LogP contribution in [0.4, 0.5) is 0 Å². The largest absolute Gasteiger partial charge is 0.384 e. The molecule has 0 bridgehead atoms. The van der Waals surface area contributed by atoms with Crippen molar-refractivity contribution in [2.24, 2.45) is 0 Å². The van der Waals surface area contributed by atoms with Crippen LogP contribution in [0, 0.1) is 18.8 Å². The van der Waals surface area contributed by atoms with E-state index in [1.807, 2.05) is 23.8 Å². The first-order chi connectivity index (χ1) is 10.2. The molecule has 21 heavy (non-hydrogen) atoms. The predicted octanol–water partition coefficient (Wildman–Crippen LogP) is 1.42. The molecule has 0 fully saturated rings. The molecular weight excluding hydrogens is 286 g/mol. The minimum Gasteiger partial charge on any atom is -0.384 e. The lowest BCUT2D eigenvalue weighted by molar-refractivity contribution is 0.0956. The van der Waals surface area contributed by atoms with Crippen molar-refractivity contribution in [3.05, 3.63) is 40.1 Å². The van der Waals surface area contributed by atoms with Crippen LogP contribution >= 0.6 is 11.3 Å². The Morgan fingerprint density at radius 3 is 3.14 bits per heavy atom. The van der Waals surface area contributed by atoms with Crippen molar-refractivity contribution in [3.8, 4) is 11.8 Å². The van der Waals surface area contributed by atoms with Crippen LogP contribution in [0.2, 0.25) is 0 Å². The number of aryl methyl sites for hydroxylation is 2. The number of aromatic nitrogens is 2. The minimum absolute atomic E-state index is 0.0780. The maximum Gasteiger partial charge on any atom is 0.261 e. The highest BCUT2D eigenvalue weighted by Crippen LogP contribution is 2.20. The van der Waals surface area contributed by atoms with Crippen LogP contribution in [0.5, 0.6) is 0 Å². The van der Waals surface area contributed by atoms with Crippen LogP contribution in [0.25, 0.3) is 0 Å². The quantitative estimate of drug-likeness (QED) is 0.648. The smallest absolute Gasteiger partial charge is 0.261 e. The van der Waals surface area contributed by atoms with Gasteiger partial charge in [0.05, 0.1) is 16.1 Å². The van der Waals surface area contributed by atoms with E-state index < -0.39 is 0 Å². The van der Waals surface area contributed by atoms with Gasteiger partial charge in [-0.3, -0.25) is 4.79 Å². The van der Waals surface area contributed by atoms with Gasteiger partial charge in [-0.15, -0.1) is 11.3 Å². The summed E-state index contributed by atoms with van der Waals surface area (Å²) in [4.78, 5) is 17.5. The number of nitrogens with zero attached hydrogens (tertiary/aromatic N) is 2. The molecule has 0 radical (unpaired) electrons. The summed E-state index contributed by atoms with van der Waals surface area (Å²) in [5.74, 6) is 5.38. The van der Waals surface area contributed by atoms with Gasteiger partial charge in [0, 0.05) is 25.5 Å². The summed E-state index contributed by atoms with van der Waals surface area (Å²) in [6, 6.07) is 1.83. The first-order valence-corrected chi connectivity index (χ1v) is 7.46. The predicted molar refractivity (Wildman–Crippen MR) is 82.2 cm³/mol. The van der Waals surface area contributed by atoms with Crippen molar-refractivity contribution in [2.75, 3.05) is 13.2 Å². The Morgan fingerprint density at radius 1 is 1.57 bits per heavy atom. The fraction of sp³-hybridized carbons (Fsp3) is 0.333. The average Bonchev–Trinajstić information content (AvgIpc) is 3.11. The fourth-order valence-electron chi connectivity index (χ4n) is 1.81.